The Bertz CT molecular complexity index is 1080. The Morgan fingerprint density at radius 2 is 2.04 bits per heavy atom. The monoisotopic (exact) mass is 332 g/mol. The lowest BCUT2D eigenvalue weighted by Gasteiger charge is -2.09. The third-order valence-electron chi connectivity index (χ3n) is 3.99. The maximum atomic E-state index is 12.7. The highest BCUT2D eigenvalue weighted by atomic mass is 16.1. The fraction of sp³-hybridized carbons (Fsp3) is 0.111. The lowest BCUT2D eigenvalue weighted by Crippen LogP contribution is -2.15. The number of hydrogen-bond acceptors (Lipinski definition) is 4. The van der Waals surface area contributed by atoms with E-state index in [1.165, 1.54) is 0 Å². The van der Waals surface area contributed by atoms with Crippen molar-refractivity contribution >= 4 is 17.2 Å². The molecule has 4 aromatic rings. The van der Waals surface area contributed by atoms with Gasteiger partial charge >= 0.3 is 0 Å². The van der Waals surface area contributed by atoms with Gasteiger partial charge in [-0.25, -0.2) is 9.97 Å². The van der Waals surface area contributed by atoms with Crippen LogP contribution in [0.5, 0.6) is 0 Å². The number of aromatic nitrogens is 5. The molecule has 0 aliphatic carbocycles. The molecule has 0 bridgehead atoms. The second kappa shape index (κ2) is 5.86. The normalized spacial score (nSPS) is 11.0. The van der Waals surface area contributed by atoms with Crippen LogP contribution in [-0.2, 0) is 7.05 Å². The number of anilines is 1. The number of nitrogens with one attached hydrogen (secondary N) is 1. The Labute approximate surface area is 144 Å². The Morgan fingerprint density at radius 3 is 2.84 bits per heavy atom. The van der Waals surface area contributed by atoms with Crippen molar-refractivity contribution < 1.29 is 4.79 Å². The number of carbonyl (C=O) groups excluding carboxylic acids is 1. The number of aryl methyl sites for hydroxylation is 2. The van der Waals surface area contributed by atoms with E-state index >= 15 is 0 Å². The number of pyridine rings is 1. The van der Waals surface area contributed by atoms with Crippen LogP contribution in [0.1, 0.15) is 16.1 Å². The van der Waals surface area contributed by atoms with Crippen LogP contribution in [-0.4, -0.2) is 30.1 Å². The second-order valence-electron chi connectivity index (χ2n) is 5.80. The number of hydrogen-bond donors (Lipinski definition) is 1. The minimum absolute atomic E-state index is 0.215. The summed E-state index contributed by atoms with van der Waals surface area (Å²) < 4.78 is 3.40. The molecule has 7 heteroatoms. The number of fused-ring (bicyclic) bond motifs is 1. The molecule has 0 radical (unpaired) electrons. The van der Waals surface area contributed by atoms with Gasteiger partial charge in [0.2, 0.25) is 0 Å². The third-order valence-corrected chi connectivity index (χ3v) is 3.99. The van der Waals surface area contributed by atoms with Gasteiger partial charge < -0.3 is 5.32 Å². The van der Waals surface area contributed by atoms with Crippen LogP contribution in [0.4, 0.5) is 5.69 Å². The first kappa shape index (κ1) is 15.1. The van der Waals surface area contributed by atoms with Gasteiger partial charge in [0.1, 0.15) is 17.7 Å². The third kappa shape index (κ3) is 2.76. The summed E-state index contributed by atoms with van der Waals surface area (Å²) in [6.07, 6.45) is 5.04. The first-order chi connectivity index (χ1) is 12.1. The van der Waals surface area contributed by atoms with E-state index < -0.39 is 0 Å². The zero-order valence-corrected chi connectivity index (χ0v) is 13.8. The van der Waals surface area contributed by atoms with Crippen molar-refractivity contribution in [3.8, 4) is 11.4 Å². The van der Waals surface area contributed by atoms with Gasteiger partial charge in [-0.15, -0.1) is 0 Å². The van der Waals surface area contributed by atoms with Crippen molar-refractivity contribution in [2.75, 3.05) is 5.32 Å². The lowest BCUT2D eigenvalue weighted by molar-refractivity contribution is 0.102. The highest BCUT2D eigenvalue weighted by molar-refractivity contribution is 6.04. The number of amides is 1. The van der Waals surface area contributed by atoms with Crippen LogP contribution in [0.3, 0.4) is 0 Å². The standard InChI is InChI=1S/C18H16N6O/c1-12-6-7-13(17-20-11-23(2)22-17)9-14(12)21-18(25)15-10-19-16-5-3-4-8-24(15)16/h3-11H,1-2H3,(H,21,25). The van der Waals surface area contributed by atoms with Gasteiger partial charge in [-0.2, -0.15) is 5.10 Å². The smallest absolute Gasteiger partial charge is 0.274 e. The average Bonchev–Trinajstić information content (AvgIpc) is 3.23. The van der Waals surface area contributed by atoms with Crippen LogP contribution < -0.4 is 5.32 Å². The fourth-order valence-electron chi connectivity index (χ4n) is 2.65. The van der Waals surface area contributed by atoms with Crippen LogP contribution in [0.25, 0.3) is 17.0 Å². The molecule has 124 valence electrons. The SMILES string of the molecule is Cc1ccc(-c2ncn(C)n2)cc1NC(=O)c1cnc2ccccn12. The quantitative estimate of drug-likeness (QED) is 0.626. The summed E-state index contributed by atoms with van der Waals surface area (Å²) in [6, 6.07) is 11.4. The molecule has 0 spiro atoms. The molecule has 1 aromatic carbocycles. The van der Waals surface area contributed by atoms with Gasteiger partial charge in [-0.3, -0.25) is 13.9 Å². The Balaban J connectivity index is 1.67. The molecule has 3 heterocycles. The molecule has 0 atom stereocenters. The van der Waals surface area contributed by atoms with Crippen molar-refractivity contribution in [2.24, 2.45) is 7.05 Å². The Morgan fingerprint density at radius 1 is 1.16 bits per heavy atom. The van der Waals surface area contributed by atoms with Crippen molar-refractivity contribution in [2.45, 2.75) is 6.92 Å². The molecule has 3 aromatic heterocycles. The molecule has 1 N–H and O–H groups in total. The summed E-state index contributed by atoms with van der Waals surface area (Å²) in [5.74, 6) is 0.403. The van der Waals surface area contributed by atoms with Gasteiger partial charge in [0.25, 0.3) is 5.91 Å². The first-order valence-electron chi connectivity index (χ1n) is 7.82. The molecule has 0 unspecified atom stereocenters. The molecule has 7 nitrogen and oxygen atoms in total. The molecular formula is C18H16N6O. The van der Waals surface area contributed by atoms with E-state index in [-0.39, 0.29) is 5.91 Å². The minimum Gasteiger partial charge on any atom is -0.320 e. The number of rotatable bonds is 3. The Hall–Kier alpha value is -3.48. The summed E-state index contributed by atoms with van der Waals surface area (Å²) in [6.45, 7) is 1.94. The van der Waals surface area contributed by atoms with Gasteiger partial charge in [-0.05, 0) is 30.7 Å². The highest BCUT2D eigenvalue weighted by Gasteiger charge is 2.14. The molecule has 1 amide bonds. The average molecular weight is 332 g/mol. The predicted octanol–water partition coefficient (Wildman–Crippen LogP) is 2.69. The van der Waals surface area contributed by atoms with Crippen LogP contribution in [0.15, 0.2) is 55.1 Å². The number of benzene rings is 1. The van der Waals surface area contributed by atoms with Crippen molar-refractivity contribution in [1.29, 1.82) is 0 Å². The zero-order chi connectivity index (χ0) is 17.4. The van der Waals surface area contributed by atoms with E-state index in [1.807, 2.05) is 56.6 Å². The zero-order valence-electron chi connectivity index (χ0n) is 13.8. The highest BCUT2D eigenvalue weighted by Crippen LogP contribution is 2.23. The molecule has 0 aliphatic rings. The maximum absolute atomic E-state index is 12.7. The molecule has 0 saturated carbocycles. The van der Waals surface area contributed by atoms with Crippen molar-refractivity contribution in [3.05, 3.63) is 66.4 Å². The van der Waals surface area contributed by atoms with Crippen LogP contribution in [0.2, 0.25) is 0 Å². The number of carbonyl (C=O) groups is 1. The number of imidazole rings is 1. The van der Waals surface area contributed by atoms with Gasteiger partial charge in [0.05, 0.1) is 6.20 Å². The van der Waals surface area contributed by atoms with Crippen LogP contribution >= 0.6 is 0 Å². The Kier molecular flexibility index (Phi) is 3.53. The van der Waals surface area contributed by atoms with Crippen LogP contribution in [0, 0.1) is 6.92 Å². The minimum atomic E-state index is -0.215. The second-order valence-corrected chi connectivity index (χ2v) is 5.80. The largest absolute Gasteiger partial charge is 0.320 e. The fourth-order valence-corrected chi connectivity index (χ4v) is 2.65. The molecule has 25 heavy (non-hydrogen) atoms. The van der Waals surface area contributed by atoms with E-state index in [2.05, 4.69) is 20.4 Å². The van der Waals surface area contributed by atoms with Crippen molar-refractivity contribution in [3.63, 3.8) is 0 Å². The van der Waals surface area contributed by atoms with Gasteiger partial charge in [0.15, 0.2) is 5.82 Å². The lowest BCUT2D eigenvalue weighted by atomic mass is 10.1. The summed E-state index contributed by atoms with van der Waals surface area (Å²) in [4.78, 5) is 21.2. The molecular weight excluding hydrogens is 316 g/mol. The predicted molar refractivity (Wildman–Crippen MR) is 94.3 cm³/mol. The van der Waals surface area contributed by atoms with E-state index in [4.69, 9.17) is 0 Å². The maximum Gasteiger partial charge on any atom is 0.274 e. The van der Waals surface area contributed by atoms with Gasteiger partial charge in [0, 0.05) is 24.5 Å². The first-order valence-corrected chi connectivity index (χ1v) is 7.82. The summed E-state index contributed by atoms with van der Waals surface area (Å²) in [5, 5.41) is 7.26. The van der Waals surface area contributed by atoms with E-state index in [0.29, 0.717) is 11.5 Å². The molecule has 4 rings (SSSR count). The van der Waals surface area contributed by atoms with Crippen molar-refractivity contribution in [1.82, 2.24) is 24.1 Å². The van der Waals surface area contributed by atoms with E-state index in [0.717, 1.165) is 22.5 Å². The number of nitrogens with zero attached hydrogens (tertiary/aromatic N) is 5. The van der Waals surface area contributed by atoms with E-state index in [1.54, 1.807) is 21.6 Å². The van der Waals surface area contributed by atoms with Gasteiger partial charge in [-0.1, -0.05) is 18.2 Å². The molecule has 0 fully saturated rings. The summed E-state index contributed by atoms with van der Waals surface area (Å²) >= 11 is 0. The summed E-state index contributed by atoms with van der Waals surface area (Å²) in [5.41, 5.74) is 3.74. The topological polar surface area (TPSA) is 77.1 Å². The molecule has 0 aliphatic heterocycles. The van der Waals surface area contributed by atoms with E-state index in [9.17, 15) is 4.79 Å². The summed E-state index contributed by atoms with van der Waals surface area (Å²) in [7, 11) is 1.82. The molecule has 0 saturated heterocycles.